The first kappa shape index (κ1) is 19.6. The fourth-order valence-corrected chi connectivity index (χ4v) is 3.71. The molecule has 1 saturated carbocycles. The number of hydrogen-bond donors (Lipinski definition) is 2. The summed E-state index contributed by atoms with van der Waals surface area (Å²) in [5.74, 6) is -10.3. The van der Waals surface area contributed by atoms with Gasteiger partial charge in [0.25, 0.3) is 10.1 Å². The van der Waals surface area contributed by atoms with E-state index in [-0.39, 0.29) is 6.07 Å². The summed E-state index contributed by atoms with van der Waals surface area (Å²) < 4.78 is 88.6. The van der Waals surface area contributed by atoms with Gasteiger partial charge in [-0.3, -0.25) is 9.35 Å². The Labute approximate surface area is 140 Å². The Bertz CT molecular complexity index is 797. The number of carbonyl (C=O) groups excluding carboxylic acids is 1. The standard InChI is InChI=1S/C14H14F4O6S/c1-14(2)8(9(14)13(20)25(21,22)23)12(19)24-4-5-10(17)6(15)3-7(16)11(5)18/h3,8-9,13,20H,4H2,1-2H3,(H,21,22,23). The average Bonchev–Trinajstić information content (AvgIpc) is 3.05. The molecule has 2 rings (SSSR count). The molecule has 1 fully saturated rings. The van der Waals surface area contributed by atoms with Crippen LogP contribution in [0.2, 0.25) is 0 Å². The molecule has 0 saturated heterocycles. The lowest BCUT2D eigenvalue weighted by Crippen LogP contribution is -2.25. The first-order valence-corrected chi connectivity index (χ1v) is 8.43. The lowest BCUT2D eigenvalue weighted by atomic mass is 10.1. The van der Waals surface area contributed by atoms with E-state index in [1.165, 1.54) is 13.8 Å². The molecule has 0 amide bonds. The maximum Gasteiger partial charge on any atom is 0.310 e. The summed E-state index contributed by atoms with van der Waals surface area (Å²) in [4.78, 5) is 12.0. The Morgan fingerprint density at radius 1 is 1.24 bits per heavy atom. The molecule has 1 aliphatic carbocycles. The zero-order chi connectivity index (χ0) is 19.3. The van der Waals surface area contributed by atoms with E-state index in [1.807, 2.05) is 0 Å². The molecule has 0 aliphatic heterocycles. The molecule has 3 atom stereocenters. The summed E-state index contributed by atoms with van der Waals surface area (Å²) in [5, 5.41) is 9.56. The van der Waals surface area contributed by atoms with Crippen molar-refractivity contribution in [2.45, 2.75) is 25.9 Å². The molecule has 0 radical (unpaired) electrons. The van der Waals surface area contributed by atoms with Crippen LogP contribution in [0.1, 0.15) is 19.4 Å². The average molecular weight is 386 g/mol. The Morgan fingerprint density at radius 2 is 1.72 bits per heavy atom. The van der Waals surface area contributed by atoms with E-state index in [0.29, 0.717) is 0 Å². The van der Waals surface area contributed by atoms with Gasteiger partial charge < -0.3 is 9.84 Å². The molecule has 0 bridgehead atoms. The third-order valence-corrected chi connectivity index (χ3v) is 5.24. The lowest BCUT2D eigenvalue weighted by Gasteiger charge is -2.09. The number of hydrogen-bond acceptors (Lipinski definition) is 5. The molecule has 1 aromatic carbocycles. The monoisotopic (exact) mass is 386 g/mol. The molecule has 6 nitrogen and oxygen atoms in total. The van der Waals surface area contributed by atoms with Gasteiger partial charge in [0.1, 0.15) is 6.61 Å². The van der Waals surface area contributed by atoms with Crippen LogP contribution in [0.15, 0.2) is 6.07 Å². The Hall–Kier alpha value is -1.72. The summed E-state index contributed by atoms with van der Waals surface area (Å²) in [7, 11) is -4.84. The molecule has 0 aromatic heterocycles. The Morgan fingerprint density at radius 3 is 2.16 bits per heavy atom. The molecular weight excluding hydrogens is 372 g/mol. The van der Waals surface area contributed by atoms with Crippen LogP contribution in [-0.4, -0.2) is 29.5 Å². The van der Waals surface area contributed by atoms with Gasteiger partial charge in [0.05, 0.1) is 11.5 Å². The quantitative estimate of drug-likeness (QED) is 0.346. The van der Waals surface area contributed by atoms with Crippen LogP contribution in [0.5, 0.6) is 0 Å². The molecule has 11 heteroatoms. The van der Waals surface area contributed by atoms with Crippen molar-refractivity contribution in [3.05, 3.63) is 34.9 Å². The Kier molecular flexibility index (Phi) is 4.88. The second kappa shape index (κ2) is 6.22. The van der Waals surface area contributed by atoms with Crippen molar-refractivity contribution in [2.24, 2.45) is 17.3 Å². The zero-order valence-electron chi connectivity index (χ0n) is 13.0. The van der Waals surface area contributed by atoms with Crippen molar-refractivity contribution < 1.29 is 45.2 Å². The molecular formula is C14H14F4O6S. The molecule has 1 aliphatic rings. The minimum Gasteiger partial charge on any atom is -0.460 e. The van der Waals surface area contributed by atoms with Gasteiger partial charge in [0, 0.05) is 12.0 Å². The summed E-state index contributed by atoms with van der Waals surface area (Å²) in [5.41, 5.74) is -4.48. The van der Waals surface area contributed by atoms with Gasteiger partial charge in [-0.2, -0.15) is 8.42 Å². The van der Waals surface area contributed by atoms with Crippen LogP contribution < -0.4 is 0 Å². The summed E-state index contributed by atoms with van der Waals surface area (Å²) in [6.07, 6.45) is 0. The van der Waals surface area contributed by atoms with Gasteiger partial charge in [-0.05, 0) is 5.41 Å². The van der Waals surface area contributed by atoms with Gasteiger partial charge in [-0.15, -0.1) is 0 Å². The topological polar surface area (TPSA) is 101 Å². The number of rotatable bonds is 5. The molecule has 3 unspecified atom stereocenters. The number of aliphatic hydroxyl groups excluding tert-OH is 1. The summed E-state index contributed by atoms with van der Waals surface area (Å²) >= 11 is 0. The number of esters is 1. The van der Waals surface area contributed by atoms with E-state index in [0.717, 1.165) is 0 Å². The molecule has 2 N–H and O–H groups in total. The van der Waals surface area contributed by atoms with E-state index in [4.69, 9.17) is 4.55 Å². The van der Waals surface area contributed by atoms with Crippen molar-refractivity contribution in [1.82, 2.24) is 0 Å². The van der Waals surface area contributed by atoms with E-state index in [2.05, 4.69) is 4.74 Å². The second-order valence-corrected chi connectivity index (χ2v) is 7.80. The highest BCUT2D eigenvalue weighted by atomic mass is 32.2. The number of aliphatic hydroxyl groups is 1. The van der Waals surface area contributed by atoms with E-state index in [1.54, 1.807) is 0 Å². The van der Waals surface area contributed by atoms with Crippen LogP contribution in [0, 0.1) is 40.5 Å². The number of benzene rings is 1. The number of carbonyl (C=O) groups is 1. The molecule has 0 heterocycles. The van der Waals surface area contributed by atoms with E-state index >= 15 is 0 Å². The van der Waals surface area contributed by atoms with Gasteiger partial charge in [-0.25, -0.2) is 17.6 Å². The Balaban J connectivity index is 2.15. The maximum atomic E-state index is 13.5. The highest BCUT2D eigenvalue weighted by molar-refractivity contribution is 7.86. The molecule has 1 aromatic rings. The molecule has 140 valence electrons. The zero-order valence-corrected chi connectivity index (χ0v) is 13.8. The smallest absolute Gasteiger partial charge is 0.310 e. The third kappa shape index (κ3) is 3.48. The SMILES string of the molecule is CC1(C)C(C(=O)OCc2c(F)c(F)cc(F)c2F)C1C(O)S(=O)(=O)O. The van der Waals surface area contributed by atoms with Crippen LogP contribution in [0.25, 0.3) is 0 Å². The first-order valence-electron chi connectivity index (χ1n) is 6.93. The van der Waals surface area contributed by atoms with E-state index < -0.39 is 74.2 Å². The normalized spacial score (nSPS) is 23.2. The van der Waals surface area contributed by atoms with Crippen molar-refractivity contribution in [2.75, 3.05) is 0 Å². The largest absolute Gasteiger partial charge is 0.460 e. The predicted molar refractivity (Wildman–Crippen MR) is 74.4 cm³/mol. The van der Waals surface area contributed by atoms with Crippen LogP contribution in [0.4, 0.5) is 17.6 Å². The molecule has 0 spiro atoms. The molecule has 25 heavy (non-hydrogen) atoms. The van der Waals surface area contributed by atoms with Gasteiger partial charge in [0.2, 0.25) is 0 Å². The highest BCUT2D eigenvalue weighted by Gasteiger charge is 2.67. The van der Waals surface area contributed by atoms with Crippen molar-refractivity contribution in [3.8, 4) is 0 Å². The maximum absolute atomic E-state index is 13.5. The summed E-state index contributed by atoms with van der Waals surface area (Å²) in [6, 6.07) is -0.00150. The van der Waals surface area contributed by atoms with Crippen LogP contribution in [0.3, 0.4) is 0 Å². The summed E-state index contributed by atoms with van der Waals surface area (Å²) in [6.45, 7) is 1.68. The lowest BCUT2D eigenvalue weighted by molar-refractivity contribution is -0.148. The fraction of sp³-hybridized carbons (Fsp3) is 0.500. The van der Waals surface area contributed by atoms with Crippen LogP contribution in [-0.2, 0) is 26.3 Å². The van der Waals surface area contributed by atoms with Gasteiger partial charge in [-0.1, -0.05) is 13.8 Å². The minimum absolute atomic E-state index is 0.00150. The fourth-order valence-electron chi connectivity index (χ4n) is 2.83. The van der Waals surface area contributed by atoms with E-state index in [9.17, 15) is 35.9 Å². The predicted octanol–water partition coefficient (Wildman–Crippen LogP) is 1.76. The minimum atomic E-state index is -4.84. The van der Waals surface area contributed by atoms with Gasteiger partial charge in [0.15, 0.2) is 28.7 Å². The third-order valence-electron chi connectivity index (χ3n) is 4.34. The number of halogens is 4. The van der Waals surface area contributed by atoms with Crippen molar-refractivity contribution in [3.63, 3.8) is 0 Å². The first-order chi connectivity index (χ1) is 11.3. The van der Waals surface area contributed by atoms with Crippen molar-refractivity contribution >= 4 is 16.1 Å². The van der Waals surface area contributed by atoms with Crippen molar-refractivity contribution in [1.29, 1.82) is 0 Å². The second-order valence-electron chi connectivity index (χ2n) is 6.28. The van der Waals surface area contributed by atoms with Crippen LogP contribution >= 0.6 is 0 Å². The number of ether oxygens (including phenoxy) is 1. The highest BCUT2D eigenvalue weighted by Crippen LogP contribution is 2.61. The van der Waals surface area contributed by atoms with Gasteiger partial charge >= 0.3 is 5.97 Å².